The van der Waals surface area contributed by atoms with E-state index < -0.39 is 0 Å². The summed E-state index contributed by atoms with van der Waals surface area (Å²) in [6.45, 7) is 0. The van der Waals surface area contributed by atoms with E-state index in [-0.39, 0.29) is 59.9 Å². The molecule has 0 heterocycles. The van der Waals surface area contributed by atoms with Crippen molar-refractivity contribution < 1.29 is 13.8 Å². The zero-order chi connectivity index (χ0) is 0. The van der Waals surface area contributed by atoms with E-state index in [1.807, 2.05) is 0 Å². The second kappa shape index (κ2) is 25.2. The maximum atomic E-state index is 0. The average Bonchev–Trinajstić information content (AvgIpc) is 0. The molecule has 0 spiro atoms. The summed E-state index contributed by atoms with van der Waals surface area (Å²) in [6.07, 6.45) is 0. The van der Waals surface area contributed by atoms with Crippen LogP contribution in [0.15, 0.2) is 0 Å². The fourth-order valence-corrected chi connectivity index (χ4v) is 0. The fourth-order valence-electron chi connectivity index (χ4n) is 0. The Labute approximate surface area is 59.8 Å². The van der Waals surface area contributed by atoms with E-state index >= 15 is 0 Å². The van der Waals surface area contributed by atoms with Crippen LogP contribution < -0.4 is 0 Å². The zero-order valence-corrected chi connectivity index (χ0v) is 5.14. The normalized spacial score (nSPS) is 0. The van der Waals surface area contributed by atoms with Crippen LogP contribution in [-0.4, -0.2) is 57.1 Å². The first kappa shape index (κ1) is 51.2. The summed E-state index contributed by atoms with van der Waals surface area (Å²) in [5, 5.41) is 0. The second-order valence-corrected chi connectivity index (χ2v) is 0. The molecule has 0 aromatic carbocycles. The molecule has 0 fully saturated rings. The molecule has 2 N–H and O–H groups in total. The average molecular weight is 84.6 g/mol. The molecule has 0 atom stereocenters. The summed E-state index contributed by atoms with van der Waals surface area (Å²) < 4.78 is 0. The molecule has 0 aliphatic rings. The third-order valence-electron chi connectivity index (χ3n) is 0. The summed E-state index contributed by atoms with van der Waals surface area (Å²) in [7, 11) is 0. The van der Waals surface area contributed by atoms with Gasteiger partial charge in [-0.1, -0.05) is 0 Å². The molecule has 0 aromatic rings. The van der Waals surface area contributed by atoms with Gasteiger partial charge in [0.15, 0.2) is 0 Å². The van der Waals surface area contributed by atoms with Gasteiger partial charge in [-0.05, 0) is 0 Å². The molecular weight excluding hydrogens is 80.6 g/mol. The van der Waals surface area contributed by atoms with Crippen molar-refractivity contribution in [2.45, 2.75) is 0 Å². The van der Waals surface area contributed by atoms with Crippen LogP contribution in [0.4, 0.5) is 0 Å². The molecule has 0 aliphatic heterocycles. The standard InChI is InChI=1S/2Mg.2H2O.2H/h;;2*1H2;;/q2*+2;;;2*-1/p-2. The largest absolute Gasteiger partial charge is 2.00 e. The minimum Gasteiger partial charge on any atom is -1.00 e. The molecule has 0 aromatic heterocycles. The first-order chi connectivity index (χ1) is 0. The zero-order valence-electron chi connectivity index (χ0n) is 4.31. The number of rotatable bonds is 0. The van der Waals surface area contributed by atoms with Gasteiger partial charge in [0.1, 0.15) is 0 Å². The molecule has 0 radical (unpaired) electrons. The molecule has 0 aliphatic carbocycles. The SMILES string of the molecule is [H-].[H-].[Mg+2].[Mg+2].[OH-].[OH-]. The molecule has 0 bridgehead atoms. The van der Waals surface area contributed by atoms with Crippen LogP contribution in [0.2, 0.25) is 0 Å². The van der Waals surface area contributed by atoms with Crippen molar-refractivity contribution in [2.24, 2.45) is 0 Å². The first-order valence-electron chi connectivity index (χ1n) is 0. The molecule has 4 heavy (non-hydrogen) atoms. The fraction of sp³-hybridized carbons (Fsp3) is 0. The smallest absolute Gasteiger partial charge is 1.00 e. The van der Waals surface area contributed by atoms with E-state index in [1.165, 1.54) is 0 Å². The van der Waals surface area contributed by atoms with E-state index in [9.17, 15) is 0 Å². The first-order valence-corrected chi connectivity index (χ1v) is 0. The molecular formula is H4Mg2O2. The molecule has 0 rings (SSSR count). The maximum absolute atomic E-state index is 0. The summed E-state index contributed by atoms with van der Waals surface area (Å²) in [5.41, 5.74) is 0. The van der Waals surface area contributed by atoms with Crippen LogP contribution in [0.1, 0.15) is 2.85 Å². The van der Waals surface area contributed by atoms with Crippen LogP contribution in [0.25, 0.3) is 0 Å². The molecule has 0 saturated carbocycles. The van der Waals surface area contributed by atoms with E-state index in [1.54, 1.807) is 0 Å². The minimum absolute atomic E-state index is 0. The Kier molecular flexibility index (Phi) is 322. The predicted molar refractivity (Wildman–Crippen MR) is 17.6 cm³/mol. The monoisotopic (exact) mass is 84.0 g/mol. The van der Waals surface area contributed by atoms with E-state index in [0.29, 0.717) is 0 Å². The Morgan fingerprint density at radius 2 is 0.750 bits per heavy atom. The van der Waals surface area contributed by atoms with Gasteiger partial charge in [-0.3, -0.25) is 0 Å². The summed E-state index contributed by atoms with van der Waals surface area (Å²) in [6, 6.07) is 0. The molecule has 20 valence electrons. The summed E-state index contributed by atoms with van der Waals surface area (Å²) >= 11 is 0. The maximum Gasteiger partial charge on any atom is 2.00 e. The van der Waals surface area contributed by atoms with Crippen molar-refractivity contribution in [2.75, 3.05) is 0 Å². The van der Waals surface area contributed by atoms with Gasteiger partial charge >= 0.3 is 46.1 Å². The van der Waals surface area contributed by atoms with Gasteiger partial charge in [-0.2, -0.15) is 0 Å². The van der Waals surface area contributed by atoms with E-state index in [0.717, 1.165) is 0 Å². The van der Waals surface area contributed by atoms with Crippen molar-refractivity contribution in [3.63, 3.8) is 0 Å². The van der Waals surface area contributed by atoms with Gasteiger partial charge in [0.05, 0.1) is 0 Å². The molecule has 0 saturated heterocycles. The topological polar surface area (TPSA) is 60.0 Å². The quantitative estimate of drug-likeness (QED) is 0.358. The Balaban J connectivity index is 0. The van der Waals surface area contributed by atoms with Gasteiger partial charge in [-0.25, -0.2) is 0 Å². The number of hydrogen-bond acceptors (Lipinski definition) is 2. The van der Waals surface area contributed by atoms with Crippen molar-refractivity contribution in [1.82, 2.24) is 0 Å². The van der Waals surface area contributed by atoms with Crippen LogP contribution >= 0.6 is 0 Å². The van der Waals surface area contributed by atoms with Crippen LogP contribution in [0.5, 0.6) is 0 Å². The van der Waals surface area contributed by atoms with Gasteiger partial charge in [0, 0.05) is 0 Å². The number of hydrogen-bond donors (Lipinski definition) is 0. The molecule has 2 nitrogen and oxygen atoms in total. The van der Waals surface area contributed by atoms with E-state index in [4.69, 9.17) is 0 Å². The van der Waals surface area contributed by atoms with Gasteiger partial charge in [-0.15, -0.1) is 0 Å². The van der Waals surface area contributed by atoms with Crippen LogP contribution in [0.3, 0.4) is 0 Å². The Hall–Kier alpha value is 1.45. The predicted octanol–water partition coefficient (Wildman–Crippen LogP) is -0.890. The summed E-state index contributed by atoms with van der Waals surface area (Å²) in [5.74, 6) is 0. The van der Waals surface area contributed by atoms with Crippen LogP contribution in [-0.2, 0) is 0 Å². The molecule has 4 heteroatoms. The minimum atomic E-state index is 0. The third-order valence-corrected chi connectivity index (χ3v) is 0. The van der Waals surface area contributed by atoms with Crippen molar-refractivity contribution in [3.05, 3.63) is 0 Å². The molecule has 0 unspecified atom stereocenters. The van der Waals surface area contributed by atoms with Gasteiger partial charge < -0.3 is 13.8 Å². The van der Waals surface area contributed by atoms with Crippen LogP contribution in [0, 0.1) is 0 Å². The second-order valence-electron chi connectivity index (χ2n) is 0. The van der Waals surface area contributed by atoms with Crippen molar-refractivity contribution in [3.8, 4) is 0 Å². The van der Waals surface area contributed by atoms with E-state index in [2.05, 4.69) is 0 Å². The third kappa shape index (κ3) is 9.84. The van der Waals surface area contributed by atoms with Gasteiger partial charge in [0.2, 0.25) is 0 Å². The van der Waals surface area contributed by atoms with Crippen molar-refractivity contribution >= 4 is 46.1 Å². The summed E-state index contributed by atoms with van der Waals surface area (Å²) in [4.78, 5) is 0. The Morgan fingerprint density at radius 1 is 0.750 bits per heavy atom. The Bertz CT molecular complexity index is 9.51. The molecule has 0 amide bonds. The Morgan fingerprint density at radius 3 is 0.750 bits per heavy atom. The van der Waals surface area contributed by atoms with Crippen molar-refractivity contribution in [1.29, 1.82) is 0 Å². The van der Waals surface area contributed by atoms with Gasteiger partial charge in [0.25, 0.3) is 0 Å².